The molecule has 6 heteroatoms. The van der Waals surface area contributed by atoms with Gasteiger partial charge in [0.2, 0.25) is 0 Å². The van der Waals surface area contributed by atoms with Crippen molar-refractivity contribution in [1.29, 1.82) is 0 Å². The zero-order chi connectivity index (χ0) is 19.2. The zero-order valence-corrected chi connectivity index (χ0v) is 16.6. The molecule has 0 aromatic heterocycles. The molecule has 1 atom stereocenters. The Morgan fingerprint density at radius 3 is 2.52 bits per heavy atom. The topological polar surface area (TPSA) is 36.5 Å². The highest BCUT2D eigenvalue weighted by molar-refractivity contribution is 7.80. The van der Waals surface area contributed by atoms with E-state index < -0.39 is 0 Å². The second-order valence-corrected chi connectivity index (χ2v) is 7.24. The molecule has 2 aromatic rings. The van der Waals surface area contributed by atoms with Crippen LogP contribution in [0.5, 0.6) is 5.75 Å². The highest BCUT2D eigenvalue weighted by Crippen LogP contribution is 2.26. The Labute approximate surface area is 165 Å². The van der Waals surface area contributed by atoms with Gasteiger partial charge in [0.15, 0.2) is 5.11 Å². The zero-order valence-electron chi connectivity index (χ0n) is 15.8. The van der Waals surface area contributed by atoms with Crippen molar-refractivity contribution in [2.75, 3.05) is 32.1 Å². The summed E-state index contributed by atoms with van der Waals surface area (Å²) in [7, 11) is 1.67. The van der Waals surface area contributed by atoms with Gasteiger partial charge in [-0.05, 0) is 80.5 Å². The molecule has 1 aliphatic heterocycles. The van der Waals surface area contributed by atoms with Gasteiger partial charge in [-0.15, -0.1) is 0 Å². The lowest BCUT2D eigenvalue weighted by molar-refractivity contribution is 0.246. The molecule has 2 N–H and O–H groups in total. The molecule has 27 heavy (non-hydrogen) atoms. The maximum atomic E-state index is 13.7. The van der Waals surface area contributed by atoms with Crippen LogP contribution in [0.15, 0.2) is 42.5 Å². The number of rotatable bonds is 6. The second kappa shape index (κ2) is 9.15. The molecule has 0 amide bonds. The minimum atomic E-state index is -0.240. The van der Waals surface area contributed by atoms with E-state index in [1.54, 1.807) is 20.1 Å². The number of likely N-dealkylation sites (tertiary alicyclic amines) is 1. The van der Waals surface area contributed by atoms with Gasteiger partial charge in [-0.3, -0.25) is 4.90 Å². The van der Waals surface area contributed by atoms with Gasteiger partial charge in [-0.2, -0.15) is 0 Å². The van der Waals surface area contributed by atoms with Gasteiger partial charge in [0.1, 0.15) is 11.6 Å². The fraction of sp³-hybridized carbons (Fsp3) is 0.381. The number of methoxy groups -OCH3 is 1. The third kappa shape index (κ3) is 5.17. The van der Waals surface area contributed by atoms with E-state index in [-0.39, 0.29) is 11.9 Å². The summed E-state index contributed by atoms with van der Waals surface area (Å²) in [5.41, 5.74) is 2.50. The Kier molecular flexibility index (Phi) is 6.63. The molecule has 0 bridgehead atoms. The van der Waals surface area contributed by atoms with Crippen LogP contribution in [0, 0.1) is 12.7 Å². The lowest BCUT2D eigenvalue weighted by atomic mass is 10.1. The summed E-state index contributed by atoms with van der Waals surface area (Å²) in [5, 5.41) is 6.86. The number of anilines is 1. The fourth-order valence-corrected chi connectivity index (χ4v) is 3.57. The van der Waals surface area contributed by atoms with Crippen molar-refractivity contribution in [1.82, 2.24) is 10.2 Å². The predicted octanol–water partition coefficient (Wildman–Crippen LogP) is 4.27. The van der Waals surface area contributed by atoms with Crippen molar-refractivity contribution in [3.05, 3.63) is 59.4 Å². The maximum absolute atomic E-state index is 13.7. The summed E-state index contributed by atoms with van der Waals surface area (Å²) >= 11 is 5.41. The highest BCUT2D eigenvalue weighted by atomic mass is 32.1. The molecule has 3 rings (SSSR count). The average Bonchev–Trinajstić information content (AvgIpc) is 3.20. The Balaban J connectivity index is 1.64. The third-order valence-corrected chi connectivity index (χ3v) is 5.21. The van der Waals surface area contributed by atoms with Crippen molar-refractivity contribution in [2.45, 2.75) is 25.8 Å². The van der Waals surface area contributed by atoms with Crippen LogP contribution in [-0.4, -0.2) is 36.8 Å². The Morgan fingerprint density at radius 1 is 1.19 bits per heavy atom. The molecule has 1 aliphatic rings. The Hall–Kier alpha value is -2.18. The van der Waals surface area contributed by atoms with E-state index in [0.29, 0.717) is 22.9 Å². The van der Waals surface area contributed by atoms with Crippen molar-refractivity contribution in [2.24, 2.45) is 0 Å². The quantitative estimate of drug-likeness (QED) is 0.724. The Morgan fingerprint density at radius 2 is 1.89 bits per heavy atom. The SMILES string of the molecule is COc1ccc([C@@H](CNC(=S)Nc2ccc(C)c(F)c2)N2CCCC2)cc1. The number of nitrogens with zero attached hydrogens (tertiary/aromatic N) is 1. The van der Waals surface area contributed by atoms with Crippen LogP contribution in [0.4, 0.5) is 10.1 Å². The van der Waals surface area contributed by atoms with Crippen LogP contribution in [-0.2, 0) is 0 Å². The summed E-state index contributed by atoms with van der Waals surface area (Å²) in [6.45, 7) is 4.60. The highest BCUT2D eigenvalue weighted by Gasteiger charge is 2.23. The van der Waals surface area contributed by atoms with Crippen LogP contribution in [0.1, 0.15) is 30.0 Å². The third-order valence-electron chi connectivity index (χ3n) is 4.97. The molecule has 4 nitrogen and oxygen atoms in total. The van der Waals surface area contributed by atoms with Crippen molar-refractivity contribution in [3.63, 3.8) is 0 Å². The van der Waals surface area contributed by atoms with Crippen LogP contribution in [0.2, 0.25) is 0 Å². The van der Waals surface area contributed by atoms with Crippen LogP contribution < -0.4 is 15.4 Å². The number of thiocarbonyl (C=S) groups is 1. The van der Waals surface area contributed by atoms with Gasteiger partial charge in [-0.25, -0.2) is 4.39 Å². The van der Waals surface area contributed by atoms with Crippen LogP contribution in [0.3, 0.4) is 0 Å². The number of nitrogens with one attached hydrogen (secondary N) is 2. The lowest BCUT2D eigenvalue weighted by Gasteiger charge is -2.29. The molecule has 2 aromatic carbocycles. The molecule has 0 unspecified atom stereocenters. The fourth-order valence-electron chi connectivity index (χ4n) is 3.37. The smallest absolute Gasteiger partial charge is 0.170 e. The minimum absolute atomic E-state index is 0.230. The molecule has 0 aliphatic carbocycles. The number of aryl methyl sites for hydroxylation is 1. The van der Waals surface area contributed by atoms with Crippen molar-refractivity contribution < 1.29 is 9.13 Å². The Bertz CT molecular complexity index is 775. The molecule has 1 fully saturated rings. The van der Waals surface area contributed by atoms with E-state index in [1.165, 1.54) is 24.5 Å². The van der Waals surface area contributed by atoms with E-state index in [4.69, 9.17) is 17.0 Å². The summed E-state index contributed by atoms with van der Waals surface area (Å²) in [5.74, 6) is 0.612. The predicted molar refractivity (Wildman–Crippen MR) is 112 cm³/mol. The molecule has 144 valence electrons. The van der Waals surface area contributed by atoms with E-state index in [2.05, 4.69) is 27.7 Å². The van der Waals surface area contributed by atoms with E-state index in [0.717, 1.165) is 18.8 Å². The first-order chi connectivity index (χ1) is 13.1. The largest absolute Gasteiger partial charge is 0.497 e. The van der Waals surface area contributed by atoms with E-state index in [1.807, 2.05) is 18.2 Å². The van der Waals surface area contributed by atoms with Crippen LogP contribution in [0.25, 0.3) is 0 Å². The van der Waals surface area contributed by atoms with Crippen LogP contribution >= 0.6 is 12.2 Å². The van der Waals surface area contributed by atoms with Gasteiger partial charge in [0.05, 0.1) is 13.2 Å². The van der Waals surface area contributed by atoms with Gasteiger partial charge < -0.3 is 15.4 Å². The number of hydrogen-bond acceptors (Lipinski definition) is 3. The number of halogens is 1. The molecule has 0 radical (unpaired) electrons. The molecule has 0 saturated carbocycles. The second-order valence-electron chi connectivity index (χ2n) is 6.83. The summed E-state index contributed by atoms with van der Waals surface area (Å²) in [6, 6.07) is 13.5. The van der Waals surface area contributed by atoms with E-state index in [9.17, 15) is 4.39 Å². The molecular formula is C21H26FN3OS. The molecule has 1 heterocycles. The van der Waals surface area contributed by atoms with Gasteiger partial charge in [0.25, 0.3) is 0 Å². The van der Waals surface area contributed by atoms with Crippen molar-refractivity contribution >= 4 is 23.0 Å². The number of benzene rings is 2. The number of ether oxygens (including phenoxy) is 1. The molecule has 0 spiro atoms. The first-order valence-corrected chi connectivity index (χ1v) is 9.66. The first kappa shape index (κ1) is 19.6. The maximum Gasteiger partial charge on any atom is 0.170 e. The average molecular weight is 388 g/mol. The van der Waals surface area contributed by atoms with Gasteiger partial charge in [0, 0.05) is 12.2 Å². The normalized spacial score (nSPS) is 15.4. The summed E-state index contributed by atoms with van der Waals surface area (Å²) in [4.78, 5) is 2.48. The summed E-state index contributed by atoms with van der Waals surface area (Å²) in [6.07, 6.45) is 2.44. The van der Waals surface area contributed by atoms with Gasteiger partial charge in [-0.1, -0.05) is 18.2 Å². The molecule has 1 saturated heterocycles. The molecular weight excluding hydrogens is 361 g/mol. The first-order valence-electron chi connectivity index (χ1n) is 9.26. The number of hydrogen-bond donors (Lipinski definition) is 2. The summed E-state index contributed by atoms with van der Waals surface area (Å²) < 4.78 is 19.0. The standard InChI is InChI=1S/C21H26FN3OS/c1-15-5-8-17(13-19(15)22)24-21(27)23-14-20(25-11-3-4-12-25)16-6-9-18(26-2)10-7-16/h5-10,13,20H,3-4,11-12,14H2,1-2H3,(H2,23,24,27)/t20-/m1/s1. The minimum Gasteiger partial charge on any atom is -0.497 e. The van der Waals surface area contributed by atoms with Crippen molar-refractivity contribution in [3.8, 4) is 5.75 Å². The van der Waals surface area contributed by atoms with Gasteiger partial charge >= 0.3 is 0 Å². The van der Waals surface area contributed by atoms with E-state index >= 15 is 0 Å². The monoisotopic (exact) mass is 387 g/mol. The lowest BCUT2D eigenvalue weighted by Crippen LogP contribution is -2.38.